The van der Waals surface area contributed by atoms with E-state index in [0.717, 1.165) is 11.1 Å². The maximum absolute atomic E-state index is 9.73. The monoisotopic (exact) mass is 342 g/mol. The molecule has 3 rings (SSSR count). The fourth-order valence-corrected chi connectivity index (χ4v) is 2.33. The highest BCUT2D eigenvalue weighted by Gasteiger charge is 2.12. The number of benzene rings is 2. The normalized spacial score (nSPS) is 11.5. The summed E-state index contributed by atoms with van der Waals surface area (Å²) in [5.74, 6) is 1.17. The minimum Gasteiger partial charge on any atom is -0.504 e. The minimum atomic E-state index is 0.0780. The van der Waals surface area contributed by atoms with Crippen molar-refractivity contribution in [3.8, 4) is 22.9 Å². The van der Waals surface area contributed by atoms with Crippen LogP contribution >= 0.6 is 11.6 Å². The first-order valence-corrected chi connectivity index (χ1v) is 7.77. The van der Waals surface area contributed by atoms with Crippen molar-refractivity contribution < 1.29 is 14.4 Å². The number of phenolic OH excluding ortho intramolecular Hbond substituents is 1. The van der Waals surface area contributed by atoms with Gasteiger partial charge in [-0.2, -0.15) is 4.98 Å². The van der Waals surface area contributed by atoms with Crippen molar-refractivity contribution in [3.63, 3.8) is 0 Å². The molecule has 0 aliphatic carbocycles. The van der Waals surface area contributed by atoms with Crippen LogP contribution in [0.15, 0.2) is 53.1 Å². The van der Waals surface area contributed by atoms with Gasteiger partial charge in [-0.25, -0.2) is 0 Å². The van der Waals surface area contributed by atoms with Crippen LogP contribution in [-0.2, 0) is 0 Å². The van der Waals surface area contributed by atoms with Gasteiger partial charge in [0.15, 0.2) is 11.5 Å². The summed E-state index contributed by atoms with van der Waals surface area (Å²) in [6, 6.07) is 14.4. The smallest absolute Gasteiger partial charge is 0.269 e. The Morgan fingerprint density at radius 3 is 2.79 bits per heavy atom. The lowest BCUT2D eigenvalue weighted by Crippen LogP contribution is -1.92. The number of phenols is 1. The zero-order chi connectivity index (χ0) is 16.9. The van der Waals surface area contributed by atoms with Gasteiger partial charge in [0.05, 0.1) is 6.61 Å². The fourth-order valence-electron chi connectivity index (χ4n) is 2.12. The molecule has 1 aromatic heterocycles. The summed E-state index contributed by atoms with van der Waals surface area (Å²) in [6.07, 6.45) is 1.67. The molecule has 0 unspecified atom stereocenters. The summed E-state index contributed by atoms with van der Waals surface area (Å²) in [4.78, 5) is 4.29. The van der Waals surface area contributed by atoms with E-state index in [-0.39, 0.29) is 11.6 Å². The molecule has 0 amide bonds. The van der Waals surface area contributed by atoms with Crippen LogP contribution in [0.5, 0.6) is 11.5 Å². The number of aromatic hydroxyl groups is 1. The number of ether oxygens (including phenoxy) is 1. The van der Waals surface area contributed by atoms with Gasteiger partial charge in [-0.3, -0.25) is 0 Å². The molecular weight excluding hydrogens is 328 g/mol. The van der Waals surface area contributed by atoms with Crippen LogP contribution in [0.4, 0.5) is 0 Å². The average molecular weight is 343 g/mol. The Bertz CT molecular complexity index is 860. The van der Waals surface area contributed by atoms with E-state index in [0.29, 0.717) is 23.2 Å². The van der Waals surface area contributed by atoms with Gasteiger partial charge < -0.3 is 14.4 Å². The highest BCUT2D eigenvalue weighted by atomic mass is 35.5. The van der Waals surface area contributed by atoms with Gasteiger partial charge in [0.25, 0.3) is 5.89 Å². The van der Waals surface area contributed by atoms with E-state index in [4.69, 9.17) is 20.9 Å². The van der Waals surface area contributed by atoms with Crippen LogP contribution in [0.1, 0.15) is 18.4 Å². The first-order chi connectivity index (χ1) is 11.7. The number of aromatic nitrogens is 2. The molecule has 122 valence electrons. The zero-order valence-corrected chi connectivity index (χ0v) is 13.7. The Balaban J connectivity index is 1.86. The first-order valence-electron chi connectivity index (χ1n) is 7.40. The molecule has 0 radical (unpaired) electrons. The van der Waals surface area contributed by atoms with Crippen LogP contribution in [0.3, 0.4) is 0 Å². The van der Waals surface area contributed by atoms with Gasteiger partial charge in [0.1, 0.15) is 5.03 Å². The second-order valence-electron chi connectivity index (χ2n) is 4.94. The lowest BCUT2D eigenvalue weighted by molar-refractivity contribution is 0.318. The van der Waals surface area contributed by atoms with Crippen molar-refractivity contribution in [2.75, 3.05) is 6.61 Å². The Kier molecular flexibility index (Phi) is 4.82. The van der Waals surface area contributed by atoms with E-state index in [2.05, 4.69) is 10.1 Å². The molecule has 0 spiro atoms. The Morgan fingerprint density at radius 2 is 2.04 bits per heavy atom. The molecule has 1 heterocycles. The maximum atomic E-state index is 9.73. The van der Waals surface area contributed by atoms with Crippen molar-refractivity contribution in [2.45, 2.75) is 6.92 Å². The summed E-state index contributed by atoms with van der Waals surface area (Å²) >= 11 is 6.27. The summed E-state index contributed by atoms with van der Waals surface area (Å²) in [6.45, 7) is 2.30. The Labute approximate surface area is 144 Å². The number of nitrogens with zero attached hydrogens (tertiary/aromatic N) is 2. The fraction of sp³-hybridized carbons (Fsp3) is 0.111. The highest BCUT2D eigenvalue weighted by Crippen LogP contribution is 2.30. The Hall–Kier alpha value is -2.79. The number of rotatable bonds is 5. The molecule has 2 aromatic carbocycles. The maximum Gasteiger partial charge on any atom is 0.269 e. The van der Waals surface area contributed by atoms with Gasteiger partial charge in [0.2, 0.25) is 5.82 Å². The molecule has 0 saturated heterocycles. The molecule has 0 saturated carbocycles. The molecule has 0 fully saturated rings. The molecule has 24 heavy (non-hydrogen) atoms. The van der Waals surface area contributed by atoms with E-state index in [9.17, 15) is 5.11 Å². The Morgan fingerprint density at radius 1 is 1.25 bits per heavy atom. The molecule has 0 aliphatic heterocycles. The number of hydrogen-bond donors (Lipinski definition) is 1. The van der Waals surface area contributed by atoms with Gasteiger partial charge in [-0.05, 0) is 30.7 Å². The second kappa shape index (κ2) is 7.19. The summed E-state index contributed by atoms with van der Waals surface area (Å²) < 4.78 is 10.6. The standard InChI is InChI=1S/C18H15ClN2O3/c1-2-23-16-11-12(8-9-15(16)22)10-14(19)18-20-17(21-24-18)13-6-4-3-5-7-13/h3-11,22H,2H2,1H3/b14-10-. The summed E-state index contributed by atoms with van der Waals surface area (Å²) in [7, 11) is 0. The van der Waals surface area contributed by atoms with Crippen molar-refractivity contribution in [2.24, 2.45) is 0 Å². The van der Waals surface area contributed by atoms with Crippen LogP contribution in [0.25, 0.3) is 22.5 Å². The molecule has 3 aromatic rings. The predicted molar refractivity (Wildman–Crippen MR) is 92.7 cm³/mol. The first kappa shape index (κ1) is 16.1. The third-order valence-corrected chi connectivity index (χ3v) is 3.51. The van der Waals surface area contributed by atoms with E-state index in [1.807, 2.05) is 37.3 Å². The molecule has 0 atom stereocenters. The van der Waals surface area contributed by atoms with Gasteiger partial charge in [0, 0.05) is 5.56 Å². The van der Waals surface area contributed by atoms with E-state index in [1.165, 1.54) is 0 Å². The van der Waals surface area contributed by atoms with E-state index >= 15 is 0 Å². The second-order valence-corrected chi connectivity index (χ2v) is 5.35. The molecular formula is C18H15ClN2O3. The molecule has 0 bridgehead atoms. The summed E-state index contributed by atoms with van der Waals surface area (Å²) in [5, 5.41) is 14.0. The molecule has 6 heteroatoms. The van der Waals surface area contributed by atoms with Crippen LogP contribution in [0, 0.1) is 0 Å². The SMILES string of the molecule is CCOc1cc(/C=C(\Cl)c2nc(-c3ccccc3)no2)ccc1O. The lowest BCUT2D eigenvalue weighted by Gasteiger charge is -2.06. The molecule has 0 aliphatic rings. The van der Waals surface area contributed by atoms with Crippen molar-refractivity contribution in [1.29, 1.82) is 0 Å². The molecule has 1 N–H and O–H groups in total. The van der Waals surface area contributed by atoms with E-state index in [1.54, 1.807) is 24.3 Å². The highest BCUT2D eigenvalue weighted by molar-refractivity contribution is 6.50. The number of hydrogen-bond acceptors (Lipinski definition) is 5. The van der Waals surface area contributed by atoms with Crippen molar-refractivity contribution in [3.05, 3.63) is 60.0 Å². The van der Waals surface area contributed by atoms with Gasteiger partial charge >= 0.3 is 0 Å². The van der Waals surface area contributed by atoms with Gasteiger partial charge in [-0.15, -0.1) is 0 Å². The summed E-state index contributed by atoms with van der Waals surface area (Å²) in [5.41, 5.74) is 1.60. The average Bonchev–Trinajstić information content (AvgIpc) is 3.09. The predicted octanol–water partition coefficient (Wildman–Crippen LogP) is 4.58. The third kappa shape index (κ3) is 3.58. The topological polar surface area (TPSA) is 68.4 Å². The van der Waals surface area contributed by atoms with Crippen LogP contribution in [0.2, 0.25) is 0 Å². The van der Waals surface area contributed by atoms with E-state index < -0.39 is 0 Å². The zero-order valence-electron chi connectivity index (χ0n) is 12.9. The van der Waals surface area contributed by atoms with Crippen molar-refractivity contribution in [1.82, 2.24) is 10.1 Å². The quantitative estimate of drug-likeness (QED) is 0.735. The van der Waals surface area contributed by atoms with Crippen LogP contribution < -0.4 is 4.74 Å². The largest absolute Gasteiger partial charge is 0.504 e. The molecule has 5 nitrogen and oxygen atoms in total. The lowest BCUT2D eigenvalue weighted by atomic mass is 10.2. The van der Waals surface area contributed by atoms with Gasteiger partial charge in [-0.1, -0.05) is 53.2 Å². The minimum absolute atomic E-state index is 0.0780. The third-order valence-electron chi connectivity index (χ3n) is 3.24. The van der Waals surface area contributed by atoms with Crippen LogP contribution in [-0.4, -0.2) is 21.9 Å². The number of halogens is 1. The van der Waals surface area contributed by atoms with Crippen molar-refractivity contribution >= 4 is 22.7 Å².